The molecule has 1 aliphatic heterocycles. The highest BCUT2D eigenvalue weighted by atomic mass is 32.1. The maximum absolute atomic E-state index is 14.2. The average Bonchev–Trinajstić information content (AvgIpc) is 3.17. The lowest BCUT2D eigenvalue weighted by atomic mass is 9.68. The zero-order chi connectivity index (χ0) is 40.4. The van der Waals surface area contributed by atoms with Crippen molar-refractivity contribution < 1.29 is 5.11 Å². The molecule has 3 rings (SSSR count). The van der Waals surface area contributed by atoms with Crippen LogP contribution in [0.2, 0.25) is 0 Å². The molecule has 8 heteroatoms. The van der Waals surface area contributed by atoms with Crippen LogP contribution in [0.3, 0.4) is 0 Å². The summed E-state index contributed by atoms with van der Waals surface area (Å²) in [4.78, 5) is 38.3. The number of nitrogens with zero attached hydrogens (tertiary/aromatic N) is 3. The number of hydrogen-bond acceptors (Lipinski definition) is 5. The second-order valence-corrected chi connectivity index (χ2v) is 17.6. The van der Waals surface area contributed by atoms with Crippen LogP contribution in [0.4, 0.5) is 11.5 Å². The van der Waals surface area contributed by atoms with Crippen LogP contribution in [0.25, 0.3) is 0 Å². The van der Waals surface area contributed by atoms with Gasteiger partial charge in [0.2, 0.25) is 0 Å². The molecule has 0 fully saturated rings. The number of anilines is 1. The third-order valence-corrected chi connectivity index (χ3v) is 12.4. The molecule has 1 aliphatic carbocycles. The Kier molecular flexibility index (Phi) is 24.0. The van der Waals surface area contributed by atoms with E-state index >= 15 is 0 Å². The van der Waals surface area contributed by atoms with Gasteiger partial charge in [0.05, 0.1) is 11.4 Å². The van der Waals surface area contributed by atoms with Gasteiger partial charge in [0, 0.05) is 24.9 Å². The van der Waals surface area contributed by atoms with Crippen molar-refractivity contribution in [1.82, 2.24) is 9.55 Å². The fraction of sp³-hybridized carbons (Fsp3) is 0.792. The van der Waals surface area contributed by atoms with Crippen molar-refractivity contribution in [1.29, 1.82) is 0 Å². The van der Waals surface area contributed by atoms with Crippen molar-refractivity contribution in [3.05, 3.63) is 44.3 Å². The van der Waals surface area contributed by atoms with Crippen LogP contribution >= 0.6 is 12.2 Å². The summed E-state index contributed by atoms with van der Waals surface area (Å²) in [6, 6.07) is 0. The van der Waals surface area contributed by atoms with E-state index in [2.05, 4.69) is 49.7 Å². The van der Waals surface area contributed by atoms with E-state index in [0.717, 1.165) is 75.6 Å². The number of fused-ring (bicyclic) bond motifs is 2. The zero-order valence-electron chi connectivity index (χ0n) is 36.5. The molecule has 1 atom stereocenters. The highest BCUT2D eigenvalue weighted by molar-refractivity contribution is 7.80. The summed E-state index contributed by atoms with van der Waals surface area (Å²) in [5.41, 5.74) is 2.34. The van der Waals surface area contributed by atoms with Crippen LogP contribution in [-0.2, 0) is 6.54 Å². The number of H-pyrrole nitrogens is 1. The standard InChI is InChI=1S/C48H82N4O3S/c1-5-9-13-17-21-25-29-33-40-37-41-42(38-48(40,39-43(53)56)34-30-26-22-18-14-10-6-2)51(35-31-27-23-19-15-11-7-3)45-44(49-41)46(54)52(47(55)50-45)36-32-28-24-20-16-12-8-4/h37-38H,5-36,39H2,1-4H3,(H,50,55)(H,53,56)/t48-/m0/s1. The topological polar surface area (TPSA) is 90.7 Å². The summed E-state index contributed by atoms with van der Waals surface area (Å²) in [6.45, 7) is 10.1. The molecule has 0 unspecified atom stereocenters. The van der Waals surface area contributed by atoms with Gasteiger partial charge in [-0.3, -0.25) is 14.3 Å². The molecule has 56 heavy (non-hydrogen) atoms. The highest BCUT2D eigenvalue weighted by Gasteiger charge is 2.40. The van der Waals surface area contributed by atoms with Gasteiger partial charge in [0.25, 0.3) is 5.56 Å². The van der Waals surface area contributed by atoms with Gasteiger partial charge < -0.3 is 10.0 Å². The summed E-state index contributed by atoms with van der Waals surface area (Å²) >= 11 is 5.50. The Morgan fingerprint density at radius 1 is 0.661 bits per heavy atom. The predicted octanol–water partition coefficient (Wildman–Crippen LogP) is 14.3. The van der Waals surface area contributed by atoms with Gasteiger partial charge in [-0.15, -0.1) is 0 Å². The highest BCUT2D eigenvalue weighted by Crippen LogP contribution is 2.48. The van der Waals surface area contributed by atoms with E-state index in [1.165, 1.54) is 139 Å². The Morgan fingerprint density at radius 2 is 1.12 bits per heavy atom. The molecular weight excluding hydrogens is 713 g/mol. The van der Waals surface area contributed by atoms with Crippen LogP contribution in [-0.4, -0.2) is 32.0 Å². The molecule has 0 amide bonds. The minimum absolute atomic E-state index is 0.0483. The van der Waals surface area contributed by atoms with Crippen LogP contribution in [0.5, 0.6) is 0 Å². The van der Waals surface area contributed by atoms with Gasteiger partial charge in [-0.25, -0.2) is 9.79 Å². The molecule has 0 saturated carbocycles. The number of aromatic nitrogens is 2. The van der Waals surface area contributed by atoms with Crippen LogP contribution in [0, 0.1) is 5.41 Å². The van der Waals surface area contributed by atoms with E-state index in [4.69, 9.17) is 17.2 Å². The fourth-order valence-corrected chi connectivity index (χ4v) is 9.10. The van der Waals surface area contributed by atoms with E-state index in [-0.39, 0.29) is 16.3 Å². The molecule has 0 bridgehead atoms. The molecule has 7 nitrogen and oxygen atoms in total. The van der Waals surface area contributed by atoms with Crippen LogP contribution < -0.4 is 16.1 Å². The molecule has 0 aromatic carbocycles. The van der Waals surface area contributed by atoms with E-state index in [0.29, 0.717) is 31.0 Å². The Labute approximate surface area is 347 Å². The van der Waals surface area contributed by atoms with Gasteiger partial charge in [0.15, 0.2) is 10.7 Å². The summed E-state index contributed by atoms with van der Waals surface area (Å²) in [5.74, 6) is 0.525. The lowest BCUT2D eigenvalue weighted by Gasteiger charge is -2.41. The minimum Gasteiger partial charge on any atom is -0.502 e. The first-order valence-corrected chi connectivity index (χ1v) is 24.1. The number of hydrogen-bond donors (Lipinski definition) is 2. The molecule has 0 radical (unpaired) electrons. The number of aliphatic hydroxyl groups is 1. The third-order valence-electron chi connectivity index (χ3n) is 12.3. The van der Waals surface area contributed by atoms with Crippen LogP contribution in [0.15, 0.2) is 38.0 Å². The zero-order valence-corrected chi connectivity index (χ0v) is 37.3. The maximum atomic E-state index is 14.2. The first kappa shape index (κ1) is 47.9. The van der Waals surface area contributed by atoms with Crippen molar-refractivity contribution in [2.75, 3.05) is 11.4 Å². The quantitative estimate of drug-likeness (QED) is 0.0535. The first-order chi connectivity index (χ1) is 27.3. The third kappa shape index (κ3) is 16.0. The van der Waals surface area contributed by atoms with E-state index in [1.807, 2.05) is 0 Å². The number of thiocarbonyl (C=S) groups is 1. The monoisotopic (exact) mass is 795 g/mol. The molecule has 0 saturated heterocycles. The van der Waals surface area contributed by atoms with Crippen molar-refractivity contribution in [2.24, 2.45) is 10.4 Å². The number of rotatable bonds is 34. The van der Waals surface area contributed by atoms with Crippen molar-refractivity contribution >= 4 is 34.5 Å². The number of aliphatic imine (C=N–C) groups is 1. The second kappa shape index (κ2) is 28.0. The molecule has 318 valence electrons. The number of nitrogens with one attached hydrogen (secondary N) is 1. The predicted molar refractivity (Wildman–Crippen MR) is 245 cm³/mol. The average molecular weight is 795 g/mol. The maximum Gasteiger partial charge on any atom is 0.330 e. The fourth-order valence-electron chi connectivity index (χ4n) is 8.84. The molecule has 1 aromatic heterocycles. The van der Waals surface area contributed by atoms with Crippen molar-refractivity contribution in [2.45, 2.75) is 233 Å². The molecule has 2 aliphatic rings. The molecule has 0 spiro atoms. The Balaban J connectivity index is 2.00. The number of aromatic amines is 1. The number of allylic oxidation sites excluding steroid dienone is 3. The molecular formula is C48H82N4O3S. The Morgan fingerprint density at radius 3 is 1.64 bits per heavy atom. The lowest BCUT2D eigenvalue weighted by Crippen LogP contribution is -2.43. The van der Waals surface area contributed by atoms with E-state index < -0.39 is 5.41 Å². The van der Waals surface area contributed by atoms with E-state index in [9.17, 15) is 14.7 Å². The van der Waals surface area contributed by atoms with Gasteiger partial charge in [-0.05, 0) is 56.5 Å². The van der Waals surface area contributed by atoms with E-state index in [1.54, 1.807) is 0 Å². The lowest BCUT2D eigenvalue weighted by molar-refractivity contribution is 0.370. The summed E-state index contributed by atoms with van der Waals surface area (Å²) in [6.07, 6.45) is 40.2. The van der Waals surface area contributed by atoms with Gasteiger partial charge in [-0.1, -0.05) is 194 Å². The number of unbranched alkanes of at least 4 members (excludes halogenated alkanes) is 24. The Bertz CT molecular complexity index is 1490. The molecule has 2 heterocycles. The summed E-state index contributed by atoms with van der Waals surface area (Å²) in [7, 11) is 0. The van der Waals surface area contributed by atoms with Crippen molar-refractivity contribution in [3.8, 4) is 0 Å². The minimum atomic E-state index is -0.422. The van der Waals surface area contributed by atoms with Gasteiger partial charge in [-0.2, -0.15) is 0 Å². The normalized spacial score (nSPS) is 16.4. The van der Waals surface area contributed by atoms with Crippen molar-refractivity contribution in [3.63, 3.8) is 0 Å². The first-order valence-electron chi connectivity index (χ1n) is 23.7. The smallest absolute Gasteiger partial charge is 0.330 e. The van der Waals surface area contributed by atoms with Crippen LogP contribution in [0.1, 0.15) is 227 Å². The van der Waals surface area contributed by atoms with Gasteiger partial charge >= 0.3 is 5.69 Å². The SMILES string of the molecule is CCCCCCCCCC1=CC2=Nc3c([nH]c(=O)n(CCCCCCCCC)c3=O)N(CCCCCCCCC)C2=C[C@@]1(CCCCCCCCC)CC(O)=S. The Hall–Kier alpha value is -2.48. The summed E-state index contributed by atoms with van der Waals surface area (Å²) in [5, 5.41) is 10.9. The molecule has 2 N–H and O–H groups in total. The van der Waals surface area contributed by atoms with Gasteiger partial charge in [0.1, 0.15) is 5.82 Å². The molecule has 1 aromatic rings. The number of aliphatic hydroxyl groups excluding tert-OH is 1. The summed E-state index contributed by atoms with van der Waals surface area (Å²) < 4.78 is 1.39. The second-order valence-electron chi connectivity index (χ2n) is 17.1. The largest absolute Gasteiger partial charge is 0.502 e.